The van der Waals surface area contributed by atoms with Gasteiger partial charge in [-0.25, -0.2) is 4.99 Å². The minimum absolute atomic E-state index is 0.493. The van der Waals surface area contributed by atoms with Crippen LogP contribution in [0.4, 0.5) is 5.69 Å². The van der Waals surface area contributed by atoms with E-state index in [1.807, 2.05) is 73.6 Å². The third-order valence-electron chi connectivity index (χ3n) is 2.54. The highest BCUT2D eigenvalue weighted by molar-refractivity contribution is 9.10. The Kier molecular flexibility index (Phi) is 6.42. The fraction of sp³-hybridized carbons (Fsp3) is 0.125. The number of ether oxygens (including phenoxy) is 1. The predicted molar refractivity (Wildman–Crippen MR) is 102 cm³/mol. The number of thiocarbonyl (C=S) groups is 1. The topological polar surface area (TPSA) is 24.8 Å². The molecule has 0 N–H and O–H groups in total. The van der Waals surface area contributed by atoms with Gasteiger partial charge in [0, 0.05) is 18.6 Å². The maximum Gasteiger partial charge on any atom is 0.263 e. The molecule has 0 atom stereocenters. The Morgan fingerprint density at radius 2 is 1.73 bits per heavy atom. The molecule has 0 aliphatic heterocycles. The summed E-state index contributed by atoms with van der Waals surface area (Å²) in [6, 6.07) is 17.3. The molecule has 0 saturated heterocycles. The second kappa shape index (κ2) is 8.31. The minimum Gasteiger partial charge on any atom is -0.433 e. The van der Waals surface area contributed by atoms with Gasteiger partial charge in [0.05, 0.1) is 5.69 Å². The lowest BCUT2D eigenvalue weighted by Crippen LogP contribution is -2.19. The molecule has 0 heterocycles. The number of hydrogen-bond acceptors (Lipinski definition) is 4. The van der Waals surface area contributed by atoms with Crippen molar-refractivity contribution in [2.24, 2.45) is 4.99 Å². The number of thioether (sulfide) groups is 1. The van der Waals surface area contributed by atoms with Crippen LogP contribution in [0.5, 0.6) is 5.75 Å². The molecule has 2 rings (SSSR count). The summed E-state index contributed by atoms with van der Waals surface area (Å²) < 4.78 is 7.56. The van der Waals surface area contributed by atoms with E-state index in [9.17, 15) is 0 Å². The molecule has 2 aromatic rings. The highest BCUT2D eigenvalue weighted by Crippen LogP contribution is 2.22. The average molecular weight is 395 g/mol. The molecule has 0 fully saturated rings. The fourth-order valence-electron chi connectivity index (χ4n) is 1.44. The molecule has 0 aliphatic rings. The number of nitrogens with zero attached hydrogens (tertiary/aromatic N) is 2. The van der Waals surface area contributed by atoms with Gasteiger partial charge in [-0.1, -0.05) is 46.3 Å². The fourth-order valence-corrected chi connectivity index (χ4v) is 2.54. The lowest BCUT2D eigenvalue weighted by atomic mass is 10.3. The molecule has 0 amide bonds. The maximum absolute atomic E-state index is 5.87. The Morgan fingerprint density at radius 1 is 1.09 bits per heavy atom. The molecule has 0 saturated carbocycles. The van der Waals surface area contributed by atoms with Gasteiger partial charge in [0.25, 0.3) is 5.23 Å². The van der Waals surface area contributed by atoms with Crippen LogP contribution in [0.1, 0.15) is 0 Å². The smallest absolute Gasteiger partial charge is 0.263 e. The van der Waals surface area contributed by atoms with Gasteiger partial charge < -0.3 is 9.64 Å². The molecule has 3 nitrogen and oxygen atoms in total. The summed E-state index contributed by atoms with van der Waals surface area (Å²) in [6.07, 6.45) is 0. The molecule has 0 aromatic heterocycles. The van der Waals surface area contributed by atoms with Crippen molar-refractivity contribution in [1.82, 2.24) is 4.90 Å². The number of aliphatic imine (C=N–C) groups is 1. The largest absolute Gasteiger partial charge is 0.433 e. The third kappa shape index (κ3) is 5.44. The molecule has 0 radical (unpaired) electrons. The molecule has 114 valence electrons. The number of benzene rings is 2. The van der Waals surface area contributed by atoms with Crippen LogP contribution in [0, 0.1) is 0 Å². The molecule has 0 spiro atoms. The molecular weight excluding hydrogens is 380 g/mol. The zero-order chi connectivity index (χ0) is 15.9. The van der Waals surface area contributed by atoms with E-state index in [2.05, 4.69) is 20.9 Å². The van der Waals surface area contributed by atoms with Gasteiger partial charge in [0.1, 0.15) is 10.1 Å². The highest BCUT2D eigenvalue weighted by Gasteiger charge is 2.10. The van der Waals surface area contributed by atoms with Gasteiger partial charge in [-0.2, -0.15) is 0 Å². The lowest BCUT2D eigenvalue weighted by Gasteiger charge is -2.14. The second-order valence-corrected chi connectivity index (χ2v) is 7.03. The SMILES string of the molecule is CN(C)C(=S)SC(=Nc1ccccc1)Oc1ccc(Br)cc1. The summed E-state index contributed by atoms with van der Waals surface area (Å²) in [7, 11) is 3.80. The Hall–Kier alpha value is -1.37. The van der Waals surface area contributed by atoms with Crippen LogP contribution in [0.3, 0.4) is 0 Å². The van der Waals surface area contributed by atoms with E-state index >= 15 is 0 Å². The van der Waals surface area contributed by atoms with E-state index in [4.69, 9.17) is 17.0 Å². The molecule has 6 heteroatoms. The Bertz CT molecular complexity index is 658. The Balaban J connectivity index is 2.23. The zero-order valence-electron chi connectivity index (χ0n) is 12.2. The maximum atomic E-state index is 5.87. The van der Waals surface area contributed by atoms with E-state index in [-0.39, 0.29) is 0 Å². The lowest BCUT2D eigenvalue weighted by molar-refractivity contribution is 0.566. The van der Waals surface area contributed by atoms with Crippen molar-refractivity contribution in [1.29, 1.82) is 0 Å². The first-order valence-corrected chi connectivity index (χ1v) is 8.52. The molecule has 0 aliphatic carbocycles. The van der Waals surface area contributed by atoms with E-state index in [1.54, 1.807) is 0 Å². The monoisotopic (exact) mass is 394 g/mol. The number of rotatable bonds is 2. The highest BCUT2D eigenvalue weighted by atomic mass is 79.9. The quantitative estimate of drug-likeness (QED) is 0.402. The predicted octanol–water partition coefficient (Wildman–Crippen LogP) is 5.10. The Labute approximate surface area is 148 Å². The van der Waals surface area contributed by atoms with Crippen LogP contribution in [-0.4, -0.2) is 28.5 Å². The van der Waals surface area contributed by atoms with E-state index in [0.717, 1.165) is 10.2 Å². The van der Waals surface area contributed by atoms with Gasteiger partial charge in [0.15, 0.2) is 0 Å². The molecule has 0 bridgehead atoms. The van der Waals surface area contributed by atoms with Gasteiger partial charge in [-0.15, -0.1) is 0 Å². The summed E-state index contributed by atoms with van der Waals surface area (Å²) in [6.45, 7) is 0. The van der Waals surface area contributed by atoms with Crippen LogP contribution < -0.4 is 4.74 Å². The van der Waals surface area contributed by atoms with Crippen molar-refractivity contribution in [2.75, 3.05) is 14.1 Å². The zero-order valence-corrected chi connectivity index (χ0v) is 15.4. The van der Waals surface area contributed by atoms with Gasteiger partial charge in [0.2, 0.25) is 0 Å². The first kappa shape index (κ1) is 17.0. The first-order chi connectivity index (χ1) is 10.5. The number of para-hydroxylation sites is 1. The van der Waals surface area contributed by atoms with Gasteiger partial charge in [-0.05, 0) is 48.2 Å². The molecule has 22 heavy (non-hydrogen) atoms. The first-order valence-electron chi connectivity index (χ1n) is 6.51. The minimum atomic E-state index is 0.493. The van der Waals surface area contributed by atoms with Crippen molar-refractivity contribution in [3.63, 3.8) is 0 Å². The van der Waals surface area contributed by atoms with Crippen molar-refractivity contribution in [3.8, 4) is 5.75 Å². The van der Waals surface area contributed by atoms with Crippen molar-refractivity contribution >= 4 is 55.1 Å². The number of hydrogen-bond donors (Lipinski definition) is 0. The molecule has 2 aromatic carbocycles. The molecular formula is C16H15BrN2OS2. The van der Waals surface area contributed by atoms with Crippen LogP contribution in [0.15, 0.2) is 64.1 Å². The van der Waals surface area contributed by atoms with Crippen molar-refractivity contribution < 1.29 is 4.74 Å². The van der Waals surface area contributed by atoms with Crippen molar-refractivity contribution in [2.45, 2.75) is 0 Å². The van der Waals surface area contributed by atoms with Crippen LogP contribution in [-0.2, 0) is 0 Å². The normalized spacial score (nSPS) is 11.1. The van der Waals surface area contributed by atoms with Crippen LogP contribution in [0.2, 0.25) is 0 Å². The summed E-state index contributed by atoms with van der Waals surface area (Å²) in [5.41, 5.74) is 0.823. The van der Waals surface area contributed by atoms with E-state index < -0.39 is 0 Å². The van der Waals surface area contributed by atoms with Gasteiger partial charge >= 0.3 is 0 Å². The third-order valence-corrected chi connectivity index (χ3v) is 4.57. The Morgan fingerprint density at radius 3 is 2.32 bits per heavy atom. The van der Waals surface area contributed by atoms with Crippen LogP contribution >= 0.6 is 39.9 Å². The van der Waals surface area contributed by atoms with E-state index in [0.29, 0.717) is 15.3 Å². The van der Waals surface area contributed by atoms with Crippen LogP contribution in [0.25, 0.3) is 0 Å². The standard InChI is InChI=1S/C16H15BrN2OS2/c1-19(2)16(21)22-15(18-13-6-4-3-5-7-13)20-14-10-8-12(17)9-11-14/h3-11H,1-2H3. The van der Waals surface area contributed by atoms with Gasteiger partial charge in [-0.3, -0.25) is 0 Å². The second-order valence-electron chi connectivity index (χ2n) is 4.53. The van der Waals surface area contributed by atoms with E-state index in [1.165, 1.54) is 11.8 Å². The number of halogens is 1. The summed E-state index contributed by atoms with van der Waals surface area (Å²) in [4.78, 5) is 6.38. The molecule has 0 unspecified atom stereocenters. The summed E-state index contributed by atoms with van der Waals surface area (Å²) in [5.74, 6) is 0.715. The average Bonchev–Trinajstić information content (AvgIpc) is 2.50. The summed E-state index contributed by atoms with van der Waals surface area (Å²) >= 11 is 10.1. The summed E-state index contributed by atoms with van der Waals surface area (Å²) in [5, 5.41) is 0.493. The van der Waals surface area contributed by atoms with Crippen molar-refractivity contribution in [3.05, 3.63) is 59.1 Å².